The number of aromatic nitrogens is 2. The highest BCUT2D eigenvalue weighted by Gasteiger charge is 2.15. The number of nitrogens with one attached hydrogen (secondary N) is 1. The molecule has 2 aromatic rings. The van der Waals surface area contributed by atoms with E-state index in [1.54, 1.807) is 6.07 Å². The van der Waals surface area contributed by atoms with Crippen molar-refractivity contribution in [2.75, 3.05) is 11.1 Å². The Hall–Kier alpha value is -1.52. The lowest BCUT2D eigenvalue weighted by Crippen LogP contribution is -2.23. The second-order valence-electron chi connectivity index (χ2n) is 5.58. The zero-order chi connectivity index (χ0) is 15.5. The van der Waals surface area contributed by atoms with Crippen molar-refractivity contribution in [2.45, 2.75) is 38.1 Å². The molecule has 0 spiro atoms. The van der Waals surface area contributed by atoms with E-state index in [1.807, 2.05) is 18.2 Å². The molecule has 0 atom stereocenters. The Bertz CT molecular complexity index is 669. The summed E-state index contributed by atoms with van der Waals surface area (Å²) in [5, 5.41) is 4.43. The Morgan fingerprint density at radius 2 is 1.86 bits per heavy atom. The molecule has 1 aliphatic carbocycles. The van der Waals surface area contributed by atoms with Gasteiger partial charge in [0.2, 0.25) is 5.95 Å². The SMILES string of the molecule is Nc1nc(NC2CCCCC2)cc(-c2cccc(Cl)c2Cl)n1. The van der Waals surface area contributed by atoms with Gasteiger partial charge in [-0.25, -0.2) is 4.98 Å². The van der Waals surface area contributed by atoms with Gasteiger partial charge in [0.1, 0.15) is 5.82 Å². The predicted molar refractivity (Wildman–Crippen MR) is 92.4 cm³/mol. The summed E-state index contributed by atoms with van der Waals surface area (Å²) in [6.45, 7) is 0. The van der Waals surface area contributed by atoms with Crippen molar-refractivity contribution in [3.8, 4) is 11.3 Å². The predicted octanol–water partition coefficient (Wildman–Crippen LogP) is 4.78. The van der Waals surface area contributed by atoms with E-state index < -0.39 is 0 Å². The van der Waals surface area contributed by atoms with E-state index in [0.717, 1.165) is 24.2 Å². The van der Waals surface area contributed by atoms with Crippen LogP contribution in [-0.2, 0) is 0 Å². The summed E-state index contributed by atoms with van der Waals surface area (Å²) >= 11 is 12.3. The van der Waals surface area contributed by atoms with Gasteiger partial charge in [0.05, 0.1) is 15.7 Å². The zero-order valence-corrected chi connectivity index (χ0v) is 13.7. The normalized spacial score (nSPS) is 15.7. The molecular formula is C16H18Cl2N4. The first kappa shape index (κ1) is 15.4. The van der Waals surface area contributed by atoms with E-state index in [1.165, 1.54) is 19.3 Å². The van der Waals surface area contributed by atoms with Crippen LogP contribution in [0.5, 0.6) is 0 Å². The number of anilines is 2. The number of hydrogen-bond donors (Lipinski definition) is 2. The summed E-state index contributed by atoms with van der Waals surface area (Å²) in [6, 6.07) is 7.80. The monoisotopic (exact) mass is 336 g/mol. The van der Waals surface area contributed by atoms with Crippen LogP contribution in [0.1, 0.15) is 32.1 Å². The molecule has 0 saturated heterocycles. The largest absolute Gasteiger partial charge is 0.368 e. The molecule has 116 valence electrons. The minimum atomic E-state index is 0.229. The van der Waals surface area contributed by atoms with E-state index in [0.29, 0.717) is 21.8 Å². The average Bonchev–Trinajstić information content (AvgIpc) is 2.50. The lowest BCUT2D eigenvalue weighted by Gasteiger charge is -2.23. The standard InChI is InChI=1S/C16H18Cl2N4/c17-12-8-4-7-11(15(12)18)13-9-14(22-16(19)21-13)20-10-5-2-1-3-6-10/h4,7-10H,1-3,5-6H2,(H3,19,20,21,22). The third kappa shape index (κ3) is 3.45. The maximum Gasteiger partial charge on any atom is 0.222 e. The fourth-order valence-electron chi connectivity index (χ4n) is 2.84. The highest BCUT2D eigenvalue weighted by molar-refractivity contribution is 6.43. The number of rotatable bonds is 3. The Labute approximate surface area is 140 Å². The van der Waals surface area contributed by atoms with Gasteiger partial charge >= 0.3 is 0 Å². The smallest absolute Gasteiger partial charge is 0.222 e. The van der Waals surface area contributed by atoms with E-state index in [2.05, 4.69) is 15.3 Å². The topological polar surface area (TPSA) is 63.8 Å². The molecule has 3 rings (SSSR count). The molecule has 0 aliphatic heterocycles. The first-order chi connectivity index (χ1) is 10.6. The minimum Gasteiger partial charge on any atom is -0.368 e. The number of hydrogen-bond acceptors (Lipinski definition) is 4. The molecule has 1 aromatic heterocycles. The molecule has 1 aliphatic rings. The number of nitrogen functional groups attached to an aromatic ring is 1. The van der Waals surface area contributed by atoms with E-state index >= 15 is 0 Å². The maximum absolute atomic E-state index is 6.27. The highest BCUT2D eigenvalue weighted by atomic mass is 35.5. The number of halogens is 2. The van der Waals surface area contributed by atoms with E-state index in [4.69, 9.17) is 28.9 Å². The van der Waals surface area contributed by atoms with Crippen molar-refractivity contribution in [3.63, 3.8) is 0 Å². The maximum atomic E-state index is 6.27. The molecule has 1 saturated carbocycles. The molecule has 3 N–H and O–H groups in total. The highest BCUT2D eigenvalue weighted by Crippen LogP contribution is 2.33. The van der Waals surface area contributed by atoms with Crippen molar-refractivity contribution >= 4 is 35.0 Å². The lowest BCUT2D eigenvalue weighted by atomic mass is 9.95. The Balaban J connectivity index is 1.90. The van der Waals surface area contributed by atoms with Crippen LogP contribution in [0, 0.1) is 0 Å². The van der Waals surface area contributed by atoms with E-state index in [-0.39, 0.29) is 5.95 Å². The first-order valence-electron chi connectivity index (χ1n) is 7.49. The van der Waals surface area contributed by atoms with Gasteiger partial charge in [-0.05, 0) is 18.9 Å². The van der Waals surface area contributed by atoms with Crippen LogP contribution < -0.4 is 11.1 Å². The van der Waals surface area contributed by atoms with Gasteiger partial charge in [0, 0.05) is 17.7 Å². The van der Waals surface area contributed by atoms with Crippen molar-refractivity contribution in [2.24, 2.45) is 0 Å². The third-order valence-corrected chi connectivity index (χ3v) is 4.75. The fourth-order valence-corrected chi connectivity index (χ4v) is 3.23. The molecule has 1 aromatic carbocycles. The van der Waals surface area contributed by atoms with Crippen LogP contribution in [0.4, 0.5) is 11.8 Å². The first-order valence-corrected chi connectivity index (χ1v) is 8.24. The quantitative estimate of drug-likeness (QED) is 0.846. The summed E-state index contributed by atoms with van der Waals surface area (Å²) in [5.74, 6) is 0.970. The van der Waals surface area contributed by atoms with Gasteiger partial charge in [0.25, 0.3) is 0 Å². The third-order valence-electron chi connectivity index (χ3n) is 3.93. The number of nitrogens with zero attached hydrogens (tertiary/aromatic N) is 2. The average molecular weight is 337 g/mol. The second-order valence-corrected chi connectivity index (χ2v) is 6.36. The van der Waals surface area contributed by atoms with Crippen molar-refractivity contribution in [3.05, 3.63) is 34.3 Å². The molecule has 1 fully saturated rings. The lowest BCUT2D eigenvalue weighted by molar-refractivity contribution is 0.462. The van der Waals surface area contributed by atoms with Crippen LogP contribution in [-0.4, -0.2) is 16.0 Å². The summed E-state index contributed by atoms with van der Waals surface area (Å²) in [4.78, 5) is 8.57. The summed E-state index contributed by atoms with van der Waals surface area (Å²) in [7, 11) is 0. The molecule has 0 radical (unpaired) electrons. The molecule has 4 nitrogen and oxygen atoms in total. The molecule has 22 heavy (non-hydrogen) atoms. The number of benzene rings is 1. The van der Waals surface area contributed by atoms with Crippen LogP contribution >= 0.6 is 23.2 Å². The number of nitrogens with two attached hydrogens (primary N) is 1. The van der Waals surface area contributed by atoms with Crippen LogP contribution in [0.3, 0.4) is 0 Å². The summed E-state index contributed by atoms with van der Waals surface area (Å²) in [6.07, 6.45) is 6.15. The van der Waals surface area contributed by atoms with Crippen molar-refractivity contribution in [1.29, 1.82) is 0 Å². The van der Waals surface area contributed by atoms with Gasteiger partial charge in [-0.2, -0.15) is 4.98 Å². The Morgan fingerprint density at radius 3 is 2.64 bits per heavy atom. The van der Waals surface area contributed by atoms with Gasteiger partial charge in [-0.15, -0.1) is 0 Å². The fraction of sp³-hybridized carbons (Fsp3) is 0.375. The summed E-state index contributed by atoms with van der Waals surface area (Å²) in [5.41, 5.74) is 7.29. The van der Waals surface area contributed by atoms with Crippen molar-refractivity contribution in [1.82, 2.24) is 9.97 Å². The van der Waals surface area contributed by atoms with Gasteiger partial charge in [0.15, 0.2) is 0 Å². The van der Waals surface area contributed by atoms with Crippen LogP contribution in [0.15, 0.2) is 24.3 Å². The molecular weight excluding hydrogens is 319 g/mol. The van der Waals surface area contributed by atoms with E-state index in [9.17, 15) is 0 Å². The molecule has 0 bridgehead atoms. The van der Waals surface area contributed by atoms with Crippen molar-refractivity contribution < 1.29 is 0 Å². The second kappa shape index (κ2) is 6.71. The summed E-state index contributed by atoms with van der Waals surface area (Å²) < 4.78 is 0. The zero-order valence-electron chi connectivity index (χ0n) is 12.1. The van der Waals surface area contributed by atoms with Gasteiger partial charge < -0.3 is 11.1 Å². The van der Waals surface area contributed by atoms with Crippen LogP contribution in [0.25, 0.3) is 11.3 Å². The minimum absolute atomic E-state index is 0.229. The molecule has 0 unspecified atom stereocenters. The van der Waals surface area contributed by atoms with Gasteiger partial charge in [-0.3, -0.25) is 0 Å². The Morgan fingerprint density at radius 1 is 1.09 bits per heavy atom. The van der Waals surface area contributed by atoms with Gasteiger partial charge in [-0.1, -0.05) is 54.6 Å². The molecule has 6 heteroatoms. The Kier molecular flexibility index (Phi) is 4.69. The van der Waals surface area contributed by atoms with Crippen LogP contribution in [0.2, 0.25) is 10.0 Å². The molecule has 1 heterocycles. The molecule has 0 amide bonds.